The van der Waals surface area contributed by atoms with Crippen molar-refractivity contribution in [2.45, 2.75) is 19.0 Å². The van der Waals surface area contributed by atoms with Gasteiger partial charge in [0.25, 0.3) is 0 Å². The number of hydrogen-bond acceptors (Lipinski definition) is 2. The summed E-state index contributed by atoms with van der Waals surface area (Å²) in [4.78, 5) is 2.31. The van der Waals surface area contributed by atoms with Crippen molar-refractivity contribution < 1.29 is 4.39 Å². The van der Waals surface area contributed by atoms with E-state index in [2.05, 4.69) is 29.2 Å². The molecule has 0 fully saturated rings. The van der Waals surface area contributed by atoms with Crippen LogP contribution in [0.15, 0.2) is 42.5 Å². The molecule has 0 amide bonds. The van der Waals surface area contributed by atoms with E-state index < -0.39 is 0 Å². The Morgan fingerprint density at radius 3 is 2.67 bits per heavy atom. The maximum Gasteiger partial charge on any atom is 0.142 e. The largest absolute Gasteiger partial charge is 0.329 e. The van der Waals surface area contributed by atoms with Crippen molar-refractivity contribution >= 4 is 11.6 Å². The predicted molar refractivity (Wildman–Crippen MR) is 83.8 cm³/mol. The lowest BCUT2D eigenvalue weighted by Gasteiger charge is -2.35. The summed E-state index contributed by atoms with van der Waals surface area (Å²) in [6.45, 7) is 2.24. The Bertz CT molecular complexity index is 644. The van der Waals surface area contributed by atoms with Gasteiger partial charge in [-0.1, -0.05) is 41.9 Å². The second-order valence-electron chi connectivity index (χ2n) is 5.41. The molecule has 21 heavy (non-hydrogen) atoms. The standard InChI is InChI=1S/C17H18ClFN2/c18-15-6-5-13(9-16(15)19)17(10-20)21-8-7-12-3-1-2-4-14(12)11-21/h1-6,9,17H,7-8,10-11,20H2. The van der Waals surface area contributed by atoms with E-state index in [1.165, 1.54) is 17.2 Å². The van der Waals surface area contributed by atoms with Crippen molar-refractivity contribution in [2.75, 3.05) is 13.1 Å². The molecule has 3 rings (SSSR count). The van der Waals surface area contributed by atoms with E-state index >= 15 is 0 Å². The van der Waals surface area contributed by atoms with Crippen molar-refractivity contribution in [1.29, 1.82) is 0 Å². The SMILES string of the molecule is NCC(c1ccc(Cl)c(F)c1)N1CCc2ccccc2C1. The molecule has 2 aromatic carbocycles. The summed E-state index contributed by atoms with van der Waals surface area (Å²) in [5.74, 6) is -0.384. The predicted octanol–water partition coefficient (Wildman–Crippen LogP) is 3.54. The second-order valence-corrected chi connectivity index (χ2v) is 5.82. The van der Waals surface area contributed by atoms with Crippen molar-refractivity contribution in [3.05, 3.63) is 70.0 Å². The topological polar surface area (TPSA) is 29.3 Å². The van der Waals surface area contributed by atoms with E-state index in [1.54, 1.807) is 6.07 Å². The van der Waals surface area contributed by atoms with Crippen molar-refractivity contribution in [1.82, 2.24) is 4.90 Å². The van der Waals surface area contributed by atoms with E-state index in [1.807, 2.05) is 6.07 Å². The average molecular weight is 305 g/mol. The first-order valence-corrected chi connectivity index (χ1v) is 7.52. The fourth-order valence-electron chi connectivity index (χ4n) is 3.00. The minimum atomic E-state index is -0.384. The second kappa shape index (κ2) is 6.14. The van der Waals surface area contributed by atoms with Crippen LogP contribution in [0.4, 0.5) is 4.39 Å². The summed E-state index contributed by atoms with van der Waals surface area (Å²) in [6.07, 6.45) is 1.00. The number of nitrogens with zero attached hydrogens (tertiary/aromatic N) is 1. The van der Waals surface area contributed by atoms with Gasteiger partial charge in [0.15, 0.2) is 0 Å². The minimum Gasteiger partial charge on any atom is -0.329 e. The monoisotopic (exact) mass is 304 g/mol. The van der Waals surface area contributed by atoms with E-state index in [9.17, 15) is 4.39 Å². The van der Waals surface area contributed by atoms with Crippen molar-refractivity contribution in [3.8, 4) is 0 Å². The molecule has 1 aliphatic heterocycles. The summed E-state index contributed by atoms with van der Waals surface area (Å²) < 4.78 is 13.7. The molecule has 1 aliphatic rings. The third-order valence-corrected chi connectivity index (χ3v) is 4.46. The van der Waals surface area contributed by atoms with Gasteiger partial charge < -0.3 is 5.73 Å². The number of nitrogens with two attached hydrogens (primary N) is 1. The van der Waals surface area contributed by atoms with Gasteiger partial charge in [0, 0.05) is 25.7 Å². The fraction of sp³-hybridized carbons (Fsp3) is 0.294. The first-order chi connectivity index (χ1) is 10.2. The molecule has 1 atom stereocenters. The van der Waals surface area contributed by atoms with Crippen LogP contribution in [0.3, 0.4) is 0 Å². The average Bonchev–Trinajstić information content (AvgIpc) is 2.51. The third-order valence-electron chi connectivity index (χ3n) is 4.15. The highest BCUT2D eigenvalue weighted by atomic mass is 35.5. The molecule has 1 heterocycles. The molecule has 2 aromatic rings. The Morgan fingerprint density at radius 1 is 1.19 bits per heavy atom. The van der Waals surface area contributed by atoms with Gasteiger partial charge in [-0.2, -0.15) is 0 Å². The van der Waals surface area contributed by atoms with Crippen LogP contribution in [-0.2, 0) is 13.0 Å². The van der Waals surface area contributed by atoms with E-state index in [0.29, 0.717) is 6.54 Å². The lowest BCUT2D eigenvalue weighted by molar-refractivity contribution is 0.183. The Balaban J connectivity index is 1.86. The molecule has 0 saturated carbocycles. The lowest BCUT2D eigenvalue weighted by atomic mass is 9.96. The highest BCUT2D eigenvalue weighted by molar-refractivity contribution is 6.30. The zero-order valence-corrected chi connectivity index (χ0v) is 12.5. The number of fused-ring (bicyclic) bond motifs is 1. The van der Waals surface area contributed by atoms with Gasteiger partial charge in [-0.3, -0.25) is 4.90 Å². The van der Waals surface area contributed by atoms with Gasteiger partial charge in [0.1, 0.15) is 5.82 Å². The normalized spacial score (nSPS) is 16.5. The highest BCUT2D eigenvalue weighted by Gasteiger charge is 2.24. The van der Waals surface area contributed by atoms with Gasteiger partial charge in [-0.15, -0.1) is 0 Å². The van der Waals surface area contributed by atoms with Gasteiger partial charge in [0.2, 0.25) is 0 Å². The van der Waals surface area contributed by atoms with Crippen LogP contribution >= 0.6 is 11.6 Å². The summed E-state index contributed by atoms with van der Waals surface area (Å²) in [7, 11) is 0. The Hall–Kier alpha value is -1.42. The molecular formula is C17H18ClFN2. The van der Waals surface area contributed by atoms with E-state index in [0.717, 1.165) is 25.1 Å². The molecule has 4 heteroatoms. The van der Waals surface area contributed by atoms with Crippen LogP contribution in [0, 0.1) is 5.82 Å². The zero-order chi connectivity index (χ0) is 14.8. The van der Waals surface area contributed by atoms with Crippen molar-refractivity contribution in [2.24, 2.45) is 5.73 Å². The Kier molecular flexibility index (Phi) is 4.24. The van der Waals surface area contributed by atoms with Gasteiger partial charge in [-0.05, 0) is 35.2 Å². The summed E-state index contributed by atoms with van der Waals surface area (Å²) in [5, 5.41) is 0.151. The van der Waals surface area contributed by atoms with Gasteiger partial charge >= 0.3 is 0 Å². The molecule has 2 nitrogen and oxygen atoms in total. The fourth-order valence-corrected chi connectivity index (χ4v) is 3.12. The molecule has 0 aliphatic carbocycles. The number of rotatable bonds is 3. The number of halogens is 2. The van der Waals surface area contributed by atoms with Crippen LogP contribution in [0.2, 0.25) is 5.02 Å². The van der Waals surface area contributed by atoms with Gasteiger partial charge in [-0.25, -0.2) is 4.39 Å². The summed E-state index contributed by atoms with van der Waals surface area (Å²) in [5.41, 5.74) is 9.56. The highest BCUT2D eigenvalue weighted by Crippen LogP contribution is 2.28. The van der Waals surface area contributed by atoms with E-state index in [-0.39, 0.29) is 16.9 Å². The maximum atomic E-state index is 13.7. The van der Waals surface area contributed by atoms with Crippen LogP contribution in [0.25, 0.3) is 0 Å². The molecule has 0 bridgehead atoms. The lowest BCUT2D eigenvalue weighted by Crippen LogP contribution is -2.37. The third kappa shape index (κ3) is 2.95. The number of hydrogen-bond donors (Lipinski definition) is 1. The van der Waals surface area contributed by atoms with Crippen molar-refractivity contribution in [3.63, 3.8) is 0 Å². The van der Waals surface area contributed by atoms with Crippen LogP contribution < -0.4 is 5.73 Å². The smallest absolute Gasteiger partial charge is 0.142 e. The maximum absolute atomic E-state index is 13.7. The molecule has 0 aromatic heterocycles. The Labute approximate surface area is 129 Å². The molecule has 0 radical (unpaired) electrons. The quantitative estimate of drug-likeness (QED) is 0.940. The summed E-state index contributed by atoms with van der Waals surface area (Å²) in [6, 6.07) is 13.4. The number of benzene rings is 2. The molecular weight excluding hydrogens is 287 g/mol. The van der Waals surface area contributed by atoms with Crippen LogP contribution in [-0.4, -0.2) is 18.0 Å². The zero-order valence-electron chi connectivity index (χ0n) is 11.7. The van der Waals surface area contributed by atoms with E-state index in [4.69, 9.17) is 17.3 Å². The minimum absolute atomic E-state index is 0.0186. The first kappa shape index (κ1) is 14.5. The van der Waals surface area contributed by atoms with Crippen LogP contribution in [0.1, 0.15) is 22.7 Å². The molecule has 1 unspecified atom stereocenters. The Morgan fingerprint density at radius 2 is 1.95 bits per heavy atom. The first-order valence-electron chi connectivity index (χ1n) is 7.15. The molecule has 0 spiro atoms. The molecule has 110 valence electrons. The summed E-state index contributed by atoms with van der Waals surface area (Å²) >= 11 is 5.76. The van der Waals surface area contributed by atoms with Crippen LogP contribution in [0.5, 0.6) is 0 Å². The molecule has 0 saturated heterocycles. The van der Waals surface area contributed by atoms with Gasteiger partial charge in [0.05, 0.1) is 5.02 Å². The molecule has 2 N–H and O–H groups in total.